The lowest BCUT2D eigenvalue weighted by atomic mass is 10.2. The molecule has 0 radical (unpaired) electrons. The van der Waals surface area contributed by atoms with E-state index < -0.39 is 0 Å². The van der Waals surface area contributed by atoms with Gasteiger partial charge >= 0.3 is 0 Å². The summed E-state index contributed by atoms with van der Waals surface area (Å²) in [5.74, 6) is 2.80. The van der Waals surface area contributed by atoms with Gasteiger partial charge in [-0.1, -0.05) is 11.3 Å². The predicted octanol–water partition coefficient (Wildman–Crippen LogP) is 1.15. The molecule has 0 fully saturated rings. The summed E-state index contributed by atoms with van der Waals surface area (Å²) in [5, 5.41) is 18.5. The molecule has 1 aliphatic heterocycles. The number of aromatic amines is 1. The zero-order valence-corrected chi connectivity index (χ0v) is 17.3. The third-order valence-electron chi connectivity index (χ3n) is 4.68. The molecule has 160 valence electrons. The van der Waals surface area contributed by atoms with E-state index in [4.69, 9.17) is 9.47 Å². The smallest absolute Gasteiger partial charge is 0.248 e. The number of ether oxygens (including phenoxy) is 2. The van der Waals surface area contributed by atoms with Crippen molar-refractivity contribution in [3.05, 3.63) is 48.3 Å². The van der Waals surface area contributed by atoms with Crippen LogP contribution in [-0.4, -0.2) is 59.4 Å². The van der Waals surface area contributed by atoms with Crippen molar-refractivity contribution >= 4 is 16.7 Å². The van der Waals surface area contributed by atoms with E-state index in [0.29, 0.717) is 18.3 Å². The van der Waals surface area contributed by atoms with Crippen molar-refractivity contribution in [3.63, 3.8) is 0 Å². The monoisotopic (exact) mass is 440 g/mol. The molecule has 1 aliphatic rings. The molecule has 5 rings (SSSR count). The van der Waals surface area contributed by atoms with Gasteiger partial charge in [-0.3, -0.25) is 4.57 Å². The minimum Gasteiger partial charge on any atom is -0.454 e. The Kier molecular flexibility index (Phi) is 5.66. The highest BCUT2D eigenvalue weighted by atomic mass is 32.1. The van der Waals surface area contributed by atoms with Crippen LogP contribution in [0.4, 0.5) is 5.13 Å². The van der Waals surface area contributed by atoms with Gasteiger partial charge in [-0.2, -0.15) is 14.6 Å². The van der Waals surface area contributed by atoms with Crippen molar-refractivity contribution in [3.8, 4) is 17.4 Å². The summed E-state index contributed by atoms with van der Waals surface area (Å²) in [7, 11) is 0. The van der Waals surface area contributed by atoms with Gasteiger partial charge in [-0.05, 0) is 30.7 Å². The summed E-state index contributed by atoms with van der Waals surface area (Å²) >= 11 is 1.33. The number of rotatable bonds is 10. The maximum absolute atomic E-state index is 5.43. The van der Waals surface area contributed by atoms with Crippen molar-refractivity contribution < 1.29 is 9.47 Å². The van der Waals surface area contributed by atoms with Crippen molar-refractivity contribution in [1.29, 1.82) is 0 Å². The van der Waals surface area contributed by atoms with Crippen molar-refractivity contribution in [2.24, 2.45) is 0 Å². The molecule has 1 aromatic carbocycles. The van der Waals surface area contributed by atoms with Crippen molar-refractivity contribution in [1.82, 2.24) is 44.8 Å². The Labute approximate surface area is 181 Å². The molecule has 31 heavy (non-hydrogen) atoms. The predicted molar refractivity (Wildman–Crippen MR) is 111 cm³/mol. The Bertz CT molecular complexity index is 1100. The number of fused-ring (bicyclic) bond motifs is 1. The number of hydrogen-bond donors (Lipinski definition) is 2. The lowest BCUT2D eigenvalue weighted by molar-refractivity contribution is 0.174. The topological polar surface area (TPSA) is 132 Å². The van der Waals surface area contributed by atoms with Crippen LogP contribution in [0.15, 0.2) is 36.9 Å². The van der Waals surface area contributed by atoms with Crippen LogP contribution < -0.4 is 19.7 Å². The molecule has 0 atom stereocenters. The van der Waals surface area contributed by atoms with E-state index in [0.717, 1.165) is 48.2 Å². The molecule has 12 nitrogen and oxygen atoms in total. The Morgan fingerprint density at radius 3 is 3.10 bits per heavy atom. The lowest BCUT2D eigenvalue weighted by Gasteiger charge is -2.19. The number of aromatic nitrogens is 8. The van der Waals surface area contributed by atoms with Crippen molar-refractivity contribution in [2.45, 2.75) is 19.5 Å². The first kappa shape index (κ1) is 19.4. The quantitative estimate of drug-likeness (QED) is 0.346. The minimum absolute atomic E-state index is 0.288. The van der Waals surface area contributed by atoms with E-state index in [1.807, 2.05) is 24.4 Å². The Balaban J connectivity index is 1.17. The average molecular weight is 440 g/mol. The summed E-state index contributed by atoms with van der Waals surface area (Å²) in [6.45, 7) is 3.14. The van der Waals surface area contributed by atoms with Crippen LogP contribution in [0.5, 0.6) is 11.5 Å². The average Bonchev–Trinajstić information content (AvgIpc) is 3.59. The summed E-state index contributed by atoms with van der Waals surface area (Å²) in [6.07, 6.45) is 6.09. The van der Waals surface area contributed by atoms with Crippen molar-refractivity contribution in [2.75, 3.05) is 24.8 Å². The van der Waals surface area contributed by atoms with Gasteiger partial charge in [0.2, 0.25) is 17.9 Å². The third kappa shape index (κ3) is 4.62. The van der Waals surface area contributed by atoms with E-state index in [9.17, 15) is 0 Å². The Morgan fingerprint density at radius 1 is 1.26 bits per heavy atom. The molecule has 4 aromatic rings. The Hall–Kier alpha value is -3.58. The molecule has 0 saturated heterocycles. The van der Waals surface area contributed by atoms with Gasteiger partial charge in [-0.15, -0.1) is 10.2 Å². The number of imidazole rings is 1. The van der Waals surface area contributed by atoms with Crippen LogP contribution in [0.3, 0.4) is 0 Å². The van der Waals surface area contributed by atoms with Gasteiger partial charge in [0.05, 0.1) is 6.54 Å². The number of hydrogen-bond acceptors (Lipinski definition) is 11. The lowest BCUT2D eigenvalue weighted by Crippen LogP contribution is -2.27. The third-order valence-corrected chi connectivity index (χ3v) is 5.45. The fraction of sp³-hybridized carbons (Fsp3) is 0.333. The summed E-state index contributed by atoms with van der Waals surface area (Å²) in [4.78, 5) is 10.8. The second-order valence-electron chi connectivity index (χ2n) is 6.81. The molecule has 3 aromatic heterocycles. The van der Waals surface area contributed by atoms with Crippen LogP contribution in [0, 0.1) is 0 Å². The summed E-state index contributed by atoms with van der Waals surface area (Å²) in [5.41, 5.74) is 1.15. The highest BCUT2D eigenvalue weighted by molar-refractivity contribution is 7.09. The van der Waals surface area contributed by atoms with Crippen LogP contribution in [0.1, 0.15) is 17.8 Å². The zero-order valence-electron chi connectivity index (χ0n) is 16.5. The van der Waals surface area contributed by atoms with Gasteiger partial charge in [-0.25, -0.2) is 4.98 Å². The van der Waals surface area contributed by atoms with Gasteiger partial charge in [0.1, 0.15) is 6.33 Å². The number of H-pyrrole nitrogens is 1. The fourth-order valence-electron chi connectivity index (χ4n) is 3.16. The van der Waals surface area contributed by atoms with Crippen LogP contribution >= 0.6 is 11.5 Å². The minimum atomic E-state index is 0.288. The van der Waals surface area contributed by atoms with E-state index >= 15 is 0 Å². The molecule has 4 heterocycles. The molecule has 2 N–H and O–H groups in total. The van der Waals surface area contributed by atoms with Gasteiger partial charge in [0.15, 0.2) is 17.3 Å². The largest absolute Gasteiger partial charge is 0.454 e. The molecule has 0 aliphatic carbocycles. The first-order valence-electron chi connectivity index (χ1n) is 9.74. The highest BCUT2D eigenvalue weighted by Crippen LogP contribution is 2.32. The number of tetrazole rings is 1. The molecule has 0 amide bonds. The standard InChI is InChI=1S/C18H20N10O2S/c1(4-19-9-13-2-3-14-15(8-13)30-12-29-14)6-27(10-16-22-25-26-23-16)18-21-17(24-31-18)28-7-5-20-11-28/h2-3,5,7-8,11,19H,1,4,6,9-10,12H2,(H,22,23,25,26). The molecular weight excluding hydrogens is 420 g/mol. The molecular formula is C18H20N10O2S. The molecule has 0 bridgehead atoms. The fourth-order valence-corrected chi connectivity index (χ4v) is 3.85. The van der Waals surface area contributed by atoms with E-state index in [1.165, 1.54) is 11.5 Å². The van der Waals surface area contributed by atoms with Gasteiger partial charge < -0.3 is 19.7 Å². The zero-order chi connectivity index (χ0) is 20.9. The molecule has 13 heteroatoms. The number of anilines is 1. The number of nitrogens with one attached hydrogen (secondary N) is 2. The van der Waals surface area contributed by atoms with Crippen LogP contribution in [0.2, 0.25) is 0 Å². The van der Waals surface area contributed by atoms with Crippen LogP contribution in [-0.2, 0) is 13.1 Å². The first-order valence-corrected chi connectivity index (χ1v) is 10.5. The normalized spacial score (nSPS) is 12.4. The second-order valence-corrected chi connectivity index (χ2v) is 7.54. The van der Waals surface area contributed by atoms with Gasteiger partial charge in [0.25, 0.3) is 0 Å². The summed E-state index contributed by atoms with van der Waals surface area (Å²) in [6, 6.07) is 6.00. The maximum Gasteiger partial charge on any atom is 0.248 e. The maximum atomic E-state index is 5.43. The molecule has 0 saturated carbocycles. The molecule has 0 spiro atoms. The molecule has 0 unspecified atom stereocenters. The number of benzene rings is 1. The van der Waals surface area contributed by atoms with Crippen LogP contribution in [0.25, 0.3) is 5.95 Å². The first-order chi connectivity index (χ1) is 15.3. The Morgan fingerprint density at radius 2 is 2.23 bits per heavy atom. The van der Waals surface area contributed by atoms with E-state index in [2.05, 4.69) is 45.2 Å². The highest BCUT2D eigenvalue weighted by Gasteiger charge is 2.16. The van der Waals surface area contributed by atoms with E-state index in [1.54, 1.807) is 17.1 Å². The van der Waals surface area contributed by atoms with Gasteiger partial charge in [0, 0.05) is 37.0 Å². The summed E-state index contributed by atoms with van der Waals surface area (Å²) < 4.78 is 17.0. The number of nitrogens with zero attached hydrogens (tertiary/aromatic N) is 8. The second kappa shape index (κ2) is 9.06. The SMILES string of the molecule is c1cn(-c2nsc(N(CCCNCc3ccc4c(c3)OCO4)Cc3nn[nH]n3)n2)cn1. The van der Waals surface area contributed by atoms with E-state index in [-0.39, 0.29) is 6.79 Å².